The van der Waals surface area contributed by atoms with E-state index in [0.29, 0.717) is 11.4 Å². The fraction of sp³-hybridized carbons (Fsp3) is 0.417. The highest BCUT2D eigenvalue weighted by Gasteiger charge is 2.61. The zero-order valence-electron chi connectivity index (χ0n) is 16.2. The summed E-state index contributed by atoms with van der Waals surface area (Å²) >= 11 is 0. The first-order chi connectivity index (χ1) is 14.5. The molecule has 6 aliphatic rings. The largest absolute Gasteiger partial charge is 0.274 e. The Bertz CT molecular complexity index is 977. The summed E-state index contributed by atoms with van der Waals surface area (Å²) in [5.74, 6) is -1.12. The predicted molar refractivity (Wildman–Crippen MR) is 107 cm³/mol. The average molecular weight is 400 g/mol. The fourth-order valence-electron chi connectivity index (χ4n) is 7.08. The molecule has 2 aliphatic heterocycles. The van der Waals surface area contributed by atoms with E-state index in [4.69, 9.17) is 0 Å². The number of imide groups is 2. The lowest BCUT2D eigenvalue weighted by Crippen LogP contribution is -2.34. The van der Waals surface area contributed by atoms with Crippen LogP contribution in [0.15, 0.2) is 48.6 Å². The Hall–Kier alpha value is -3.02. The Balaban J connectivity index is 1.24. The summed E-state index contributed by atoms with van der Waals surface area (Å²) < 4.78 is 0. The number of allylic oxidation sites excluding steroid dienone is 4. The topological polar surface area (TPSA) is 74.8 Å². The number of carbonyl (C=O) groups is 4. The molecule has 4 aliphatic carbocycles. The molecule has 1 aromatic rings. The van der Waals surface area contributed by atoms with Crippen LogP contribution >= 0.6 is 0 Å². The third kappa shape index (κ3) is 1.81. The molecule has 150 valence electrons. The highest BCUT2D eigenvalue weighted by molar-refractivity contribution is 6.25. The first-order valence-electron chi connectivity index (χ1n) is 10.8. The van der Waals surface area contributed by atoms with Crippen LogP contribution in [0, 0.1) is 47.3 Å². The number of amides is 4. The molecule has 0 radical (unpaired) electrons. The quantitative estimate of drug-likeness (QED) is 0.564. The van der Waals surface area contributed by atoms with Gasteiger partial charge < -0.3 is 0 Å². The van der Waals surface area contributed by atoms with Crippen molar-refractivity contribution in [2.45, 2.75) is 12.8 Å². The summed E-state index contributed by atoms with van der Waals surface area (Å²) in [6.07, 6.45) is 10.0. The molecular formula is C24H20N2O4. The fourth-order valence-corrected chi connectivity index (χ4v) is 7.08. The van der Waals surface area contributed by atoms with Crippen LogP contribution in [0.1, 0.15) is 12.8 Å². The zero-order valence-corrected chi connectivity index (χ0v) is 16.2. The molecule has 1 aromatic carbocycles. The number of rotatable bonds is 2. The lowest BCUT2D eigenvalue weighted by atomic mass is 9.85. The van der Waals surface area contributed by atoms with E-state index in [0.717, 1.165) is 12.8 Å². The Kier molecular flexibility index (Phi) is 2.99. The van der Waals surface area contributed by atoms with Crippen molar-refractivity contribution < 1.29 is 19.2 Å². The molecule has 2 heterocycles. The number of anilines is 2. The van der Waals surface area contributed by atoms with Gasteiger partial charge in [-0.2, -0.15) is 0 Å². The van der Waals surface area contributed by atoms with Gasteiger partial charge in [-0.3, -0.25) is 19.2 Å². The maximum atomic E-state index is 13.1. The van der Waals surface area contributed by atoms with Crippen LogP contribution < -0.4 is 9.80 Å². The standard InChI is InChI=1S/C24H20N2O4/c27-21-17-11-4-5-12(8-11)18(17)22(28)25(21)15-2-1-3-16(10-15)26-23(29)19-13-6-7-14(9-13)20(19)24(26)30/h1-7,10-14,17-20H,8-9H2/t11-,12-,13+,14+,17-,18+,19-,20+. The highest BCUT2D eigenvalue weighted by Crippen LogP contribution is 2.55. The van der Waals surface area contributed by atoms with E-state index in [1.54, 1.807) is 24.3 Å². The summed E-state index contributed by atoms with van der Waals surface area (Å²) in [7, 11) is 0. The summed E-state index contributed by atoms with van der Waals surface area (Å²) in [6.45, 7) is 0. The van der Waals surface area contributed by atoms with Crippen LogP contribution in [0.5, 0.6) is 0 Å². The molecule has 2 saturated carbocycles. The molecule has 30 heavy (non-hydrogen) atoms. The third-order valence-electron chi connectivity index (χ3n) is 8.29. The third-order valence-corrected chi connectivity index (χ3v) is 8.29. The SMILES string of the molecule is O=C1[C@@H]2[C@H](C(=O)N1c1cccc(N3C(=O)[C@@H]4[C@H](C3=O)[C@H]3C=C[C@H]4C3)c1)[C@@H]1C=C[C@@H]2C1. The summed E-state index contributed by atoms with van der Waals surface area (Å²) in [6, 6.07) is 6.80. The zero-order chi connectivity index (χ0) is 20.3. The van der Waals surface area contributed by atoms with Crippen LogP contribution in [-0.2, 0) is 19.2 Å². The van der Waals surface area contributed by atoms with Gasteiger partial charge in [0.2, 0.25) is 23.6 Å². The lowest BCUT2D eigenvalue weighted by molar-refractivity contribution is -0.124. The molecular weight excluding hydrogens is 380 g/mol. The summed E-state index contributed by atoms with van der Waals surface area (Å²) in [5.41, 5.74) is 0.908. The molecule has 0 aromatic heterocycles. The van der Waals surface area contributed by atoms with Crippen molar-refractivity contribution in [1.29, 1.82) is 0 Å². The first kappa shape index (κ1) is 16.7. The number of nitrogens with zero attached hydrogens (tertiary/aromatic N) is 2. The molecule has 0 N–H and O–H groups in total. The van der Waals surface area contributed by atoms with Gasteiger partial charge in [0.1, 0.15) is 0 Å². The maximum Gasteiger partial charge on any atom is 0.238 e. The summed E-state index contributed by atoms with van der Waals surface area (Å²) in [5, 5.41) is 0. The molecule has 4 bridgehead atoms. The Morgan fingerprint density at radius 1 is 0.567 bits per heavy atom. The van der Waals surface area contributed by atoms with Crippen LogP contribution in [0.4, 0.5) is 11.4 Å². The van der Waals surface area contributed by atoms with Gasteiger partial charge in [0, 0.05) is 0 Å². The molecule has 8 atom stereocenters. The van der Waals surface area contributed by atoms with Gasteiger partial charge in [-0.05, 0) is 54.7 Å². The predicted octanol–water partition coefficient (Wildman–Crippen LogP) is 2.31. The Morgan fingerprint density at radius 3 is 1.23 bits per heavy atom. The second-order valence-corrected chi connectivity index (χ2v) is 9.54. The van der Waals surface area contributed by atoms with E-state index < -0.39 is 0 Å². The Labute approximate surface area is 173 Å². The van der Waals surface area contributed by atoms with Gasteiger partial charge in [-0.1, -0.05) is 30.4 Å². The maximum absolute atomic E-state index is 13.1. The molecule has 4 amide bonds. The molecule has 0 spiro atoms. The van der Waals surface area contributed by atoms with Crippen LogP contribution in [-0.4, -0.2) is 23.6 Å². The summed E-state index contributed by atoms with van der Waals surface area (Å²) in [4.78, 5) is 55.0. The van der Waals surface area contributed by atoms with Crippen molar-refractivity contribution in [3.8, 4) is 0 Å². The first-order valence-corrected chi connectivity index (χ1v) is 10.8. The van der Waals surface area contributed by atoms with Gasteiger partial charge in [-0.25, -0.2) is 9.80 Å². The van der Waals surface area contributed by atoms with E-state index in [1.165, 1.54) is 9.80 Å². The normalized spacial score (nSPS) is 42.3. The van der Waals surface area contributed by atoms with Crippen molar-refractivity contribution in [1.82, 2.24) is 0 Å². The lowest BCUT2D eigenvalue weighted by Gasteiger charge is -2.21. The second-order valence-electron chi connectivity index (χ2n) is 9.54. The molecule has 2 saturated heterocycles. The van der Waals surface area contributed by atoms with E-state index in [2.05, 4.69) is 24.3 Å². The van der Waals surface area contributed by atoms with Gasteiger partial charge in [0.15, 0.2) is 0 Å². The van der Waals surface area contributed by atoms with Crippen LogP contribution in [0.3, 0.4) is 0 Å². The monoisotopic (exact) mass is 400 g/mol. The van der Waals surface area contributed by atoms with Gasteiger partial charge in [-0.15, -0.1) is 0 Å². The average Bonchev–Trinajstić information content (AvgIpc) is 3.55. The molecule has 4 fully saturated rings. The molecule has 7 rings (SSSR count). The number of fused-ring (bicyclic) bond motifs is 10. The van der Waals surface area contributed by atoms with Crippen molar-refractivity contribution >= 4 is 35.0 Å². The van der Waals surface area contributed by atoms with E-state index >= 15 is 0 Å². The van der Waals surface area contributed by atoms with Crippen LogP contribution in [0.25, 0.3) is 0 Å². The van der Waals surface area contributed by atoms with Gasteiger partial charge in [0.05, 0.1) is 35.0 Å². The number of benzene rings is 1. The molecule has 0 unspecified atom stereocenters. The number of hydrogen-bond acceptors (Lipinski definition) is 4. The van der Waals surface area contributed by atoms with E-state index in [-0.39, 0.29) is 71.0 Å². The van der Waals surface area contributed by atoms with Crippen LogP contribution in [0.2, 0.25) is 0 Å². The van der Waals surface area contributed by atoms with E-state index in [1.807, 2.05) is 0 Å². The minimum atomic E-state index is -0.271. The second kappa shape index (κ2) is 5.36. The number of hydrogen-bond donors (Lipinski definition) is 0. The minimum absolute atomic E-state index is 0.147. The molecule has 6 nitrogen and oxygen atoms in total. The molecule has 6 heteroatoms. The van der Waals surface area contributed by atoms with Crippen molar-refractivity contribution in [2.24, 2.45) is 47.3 Å². The van der Waals surface area contributed by atoms with Crippen molar-refractivity contribution in [2.75, 3.05) is 9.80 Å². The smallest absolute Gasteiger partial charge is 0.238 e. The number of carbonyl (C=O) groups excluding carboxylic acids is 4. The minimum Gasteiger partial charge on any atom is -0.274 e. The Morgan fingerprint density at radius 2 is 0.900 bits per heavy atom. The van der Waals surface area contributed by atoms with E-state index in [9.17, 15) is 19.2 Å². The van der Waals surface area contributed by atoms with Crippen molar-refractivity contribution in [3.05, 3.63) is 48.6 Å². The highest BCUT2D eigenvalue weighted by atomic mass is 16.2. The van der Waals surface area contributed by atoms with Crippen molar-refractivity contribution in [3.63, 3.8) is 0 Å². The van der Waals surface area contributed by atoms with Gasteiger partial charge >= 0.3 is 0 Å². The van der Waals surface area contributed by atoms with Gasteiger partial charge in [0.25, 0.3) is 0 Å².